The molecule has 0 saturated carbocycles. The highest BCUT2D eigenvalue weighted by Gasteiger charge is 2.09. The van der Waals surface area contributed by atoms with Crippen molar-refractivity contribution in [1.29, 1.82) is 0 Å². The van der Waals surface area contributed by atoms with E-state index in [1.165, 1.54) is 11.0 Å². The van der Waals surface area contributed by atoms with E-state index in [4.69, 9.17) is 0 Å². The molecule has 0 aromatic heterocycles. The molecule has 116 valence electrons. The topological polar surface area (TPSA) is 46.2 Å². The van der Waals surface area contributed by atoms with Gasteiger partial charge in [0, 0.05) is 3.57 Å². The van der Waals surface area contributed by atoms with Gasteiger partial charge in [-0.1, -0.05) is 29.8 Å². The van der Waals surface area contributed by atoms with Gasteiger partial charge in [-0.25, -0.2) is 8.42 Å². The van der Waals surface area contributed by atoms with Gasteiger partial charge in [0.25, 0.3) is 10.0 Å². The third kappa shape index (κ3) is 4.33. The van der Waals surface area contributed by atoms with Gasteiger partial charge >= 0.3 is 0 Å². The lowest BCUT2D eigenvalue weighted by atomic mass is 10.0. The normalized spacial score (nSPS) is 11.8. The summed E-state index contributed by atoms with van der Waals surface area (Å²) in [5, 5.41) is 1.22. The van der Waals surface area contributed by atoms with Crippen molar-refractivity contribution >= 4 is 44.4 Å². The number of hydrogen-bond acceptors (Lipinski definition) is 2. The minimum absolute atomic E-state index is 0.588. The first kappa shape index (κ1) is 17.0. The molecular formula is C17H18INO2S. The van der Waals surface area contributed by atoms with Crippen molar-refractivity contribution in [1.82, 2.24) is 0 Å². The van der Waals surface area contributed by atoms with Crippen molar-refractivity contribution in [3.05, 3.63) is 67.6 Å². The summed E-state index contributed by atoms with van der Waals surface area (Å²) in [6.45, 7) is 6.00. The van der Waals surface area contributed by atoms with E-state index in [-0.39, 0.29) is 0 Å². The van der Waals surface area contributed by atoms with Gasteiger partial charge in [-0.15, -0.1) is 0 Å². The van der Waals surface area contributed by atoms with Gasteiger partial charge in [0.2, 0.25) is 0 Å². The zero-order chi connectivity index (χ0) is 16.3. The number of benzene rings is 2. The minimum Gasteiger partial charge on any atom is -0.279 e. The molecule has 0 amide bonds. The Hall–Kier alpha value is -1.34. The molecule has 0 aliphatic rings. The Bertz CT molecular complexity index is 803. The lowest BCUT2D eigenvalue weighted by molar-refractivity contribution is 0.609. The monoisotopic (exact) mass is 427 g/mol. The van der Waals surface area contributed by atoms with E-state index in [0.29, 0.717) is 5.69 Å². The second-order valence-corrected chi connectivity index (χ2v) is 7.97. The Labute approximate surface area is 145 Å². The van der Waals surface area contributed by atoms with Crippen LogP contribution in [-0.2, 0) is 10.0 Å². The van der Waals surface area contributed by atoms with Crippen LogP contribution in [0.25, 0.3) is 6.08 Å². The molecule has 0 bridgehead atoms. The van der Waals surface area contributed by atoms with Crippen molar-refractivity contribution in [2.45, 2.75) is 20.8 Å². The largest absolute Gasteiger partial charge is 0.279 e. The summed E-state index contributed by atoms with van der Waals surface area (Å²) in [7, 11) is -3.53. The number of halogens is 1. The third-order valence-electron chi connectivity index (χ3n) is 3.28. The number of rotatable bonds is 4. The third-order valence-corrected chi connectivity index (χ3v) is 5.22. The number of nitrogens with one attached hydrogen (secondary N) is 1. The first-order valence-corrected chi connectivity index (χ1v) is 9.44. The molecule has 0 aliphatic carbocycles. The fraction of sp³-hybridized carbons (Fsp3) is 0.176. The summed E-state index contributed by atoms with van der Waals surface area (Å²) in [5.41, 5.74) is 4.84. The SMILES string of the molecule is Cc1cc(C)c(/C=C/S(=O)(=O)Nc2ccccc2I)c(C)c1. The number of anilines is 1. The summed E-state index contributed by atoms with van der Waals surface area (Å²) in [5.74, 6) is 0. The number of sulfonamides is 1. The van der Waals surface area contributed by atoms with Crippen LogP contribution < -0.4 is 4.72 Å². The number of aryl methyl sites for hydroxylation is 3. The molecule has 0 radical (unpaired) electrons. The van der Waals surface area contributed by atoms with Crippen LogP contribution in [0, 0.1) is 24.3 Å². The average molecular weight is 427 g/mol. The Morgan fingerprint density at radius 1 is 1.05 bits per heavy atom. The summed E-state index contributed by atoms with van der Waals surface area (Å²) in [4.78, 5) is 0. The molecule has 2 aromatic carbocycles. The molecule has 0 atom stereocenters. The lowest BCUT2D eigenvalue weighted by Gasteiger charge is -2.08. The molecule has 0 saturated heterocycles. The van der Waals surface area contributed by atoms with Crippen molar-refractivity contribution in [3.8, 4) is 0 Å². The molecule has 0 fully saturated rings. The summed E-state index contributed by atoms with van der Waals surface area (Å²) >= 11 is 2.10. The molecule has 2 rings (SSSR count). The molecule has 0 heterocycles. The molecule has 0 aliphatic heterocycles. The molecule has 1 N–H and O–H groups in total. The van der Waals surface area contributed by atoms with Gasteiger partial charge in [0.15, 0.2) is 0 Å². The highest BCUT2D eigenvalue weighted by molar-refractivity contribution is 14.1. The first-order chi connectivity index (χ1) is 10.3. The Balaban J connectivity index is 2.28. The van der Waals surface area contributed by atoms with Crippen LogP contribution in [0.4, 0.5) is 5.69 Å². The van der Waals surface area contributed by atoms with Crippen molar-refractivity contribution in [2.24, 2.45) is 0 Å². The van der Waals surface area contributed by atoms with E-state index in [2.05, 4.69) is 27.3 Å². The van der Waals surface area contributed by atoms with Crippen molar-refractivity contribution in [3.63, 3.8) is 0 Å². The Kier molecular flexibility index (Phi) is 5.28. The minimum atomic E-state index is -3.53. The van der Waals surface area contributed by atoms with Crippen molar-refractivity contribution < 1.29 is 8.42 Å². The maximum Gasteiger partial charge on any atom is 0.255 e. The van der Waals surface area contributed by atoms with E-state index in [1.807, 2.05) is 45.0 Å². The van der Waals surface area contributed by atoms with E-state index >= 15 is 0 Å². The van der Waals surface area contributed by atoms with Gasteiger partial charge in [-0.05, 0) is 78.3 Å². The van der Waals surface area contributed by atoms with E-state index in [0.717, 1.165) is 20.3 Å². The fourth-order valence-electron chi connectivity index (χ4n) is 2.34. The quantitative estimate of drug-likeness (QED) is 0.724. The second-order valence-electron chi connectivity index (χ2n) is 5.24. The molecule has 3 nitrogen and oxygen atoms in total. The molecule has 0 spiro atoms. The summed E-state index contributed by atoms with van der Waals surface area (Å²) < 4.78 is 27.9. The van der Waals surface area contributed by atoms with Gasteiger partial charge in [-0.3, -0.25) is 4.72 Å². The number of para-hydroxylation sites is 1. The zero-order valence-electron chi connectivity index (χ0n) is 12.7. The molecule has 0 unspecified atom stereocenters. The van der Waals surface area contributed by atoms with Gasteiger partial charge < -0.3 is 0 Å². The van der Waals surface area contributed by atoms with E-state index in [1.54, 1.807) is 18.2 Å². The zero-order valence-corrected chi connectivity index (χ0v) is 15.7. The van der Waals surface area contributed by atoms with E-state index < -0.39 is 10.0 Å². The van der Waals surface area contributed by atoms with Gasteiger partial charge in [0.05, 0.1) is 11.1 Å². The van der Waals surface area contributed by atoms with Crippen LogP contribution in [0.15, 0.2) is 41.8 Å². The average Bonchev–Trinajstić information content (AvgIpc) is 2.40. The smallest absolute Gasteiger partial charge is 0.255 e. The predicted molar refractivity (Wildman–Crippen MR) is 101 cm³/mol. The second kappa shape index (κ2) is 6.83. The molecule has 2 aromatic rings. The maximum absolute atomic E-state index is 12.2. The molecule has 22 heavy (non-hydrogen) atoms. The summed E-state index contributed by atoms with van der Waals surface area (Å²) in [6, 6.07) is 11.4. The van der Waals surface area contributed by atoms with Crippen LogP contribution >= 0.6 is 22.6 Å². The van der Waals surface area contributed by atoms with Gasteiger partial charge in [0.1, 0.15) is 0 Å². The van der Waals surface area contributed by atoms with Crippen LogP contribution in [0.2, 0.25) is 0 Å². The number of hydrogen-bond donors (Lipinski definition) is 1. The first-order valence-electron chi connectivity index (χ1n) is 6.82. The van der Waals surface area contributed by atoms with Crippen molar-refractivity contribution in [2.75, 3.05) is 4.72 Å². The van der Waals surface area contributed by atoms with Crippen LogP contribution in [0.5, 0.6) is 0 Å². The van der Waals surface area contributed by atoms with Gasteiger partial charge in [-0.2, -0.15) is 0 Å². The Morgan fingerprint density at radius 2 is 1.64 bits per heavy atom. The fourth-order valence-corrected chi connectivity index (χ4v) is 3.92. The van der Waals surface area contributed by atoms with Crippen LogP contribution in [0.1, 0.15) is 22.3 Å². The molecule has 5 heteroatoms. The van der Waals surface area contributed by atoms with Crippen LogP contribution in [-0.4, -0.2) is 8.42 Å². The maximum atomic E-state index is 12.2. The highest BCUT2D eigenvalue weighted by atomic mass is 127. The van der Waals surface area contributed by atoms with Crippen LogP contribution in [0.3, 0.4) is 0 Å². The lowest BCUT2D eigenvalue weighted by Crippen LogP contribution is -2.09. The highest BCUT2D eigenvalue weighted by Crippen LogP contribution is 2.21. The predicted octanol–water partition coefficient (Wildman–Crippen LogP) is 4.63. The molecular weight excluding hydrogens is 409 g/mol. The van der Waals surface area contributed by atoms with E-state index in [9.17, 15) is 8.42 Å². The summed E-state index contributed by atoms with van der Waals surface area (Å²) in [6.07, 6.45) is 1.66. The Morgan fingerprint density at radius 3 is 2.23 bits per heavy atom. The standard InChI is InChI=1S/C17H18INO2S/c1-12-10-13(2)15(14(3)11-12)8-9-22(20,21)19-17-7-5-4-6-16(17)18/h4-11,19H,1-3H3/b9-8+.